The third-order valence-electron chi connectivity index (χ3n) is 0.713. The Hall–Kier alpha value is 2.06. The van der Waals surface area contributed by atoms with E-state index in [1.54, 1.807) is 22.5 Å². The molecule has 1 aromatic rings. The van der Waals surface area contributed by atoms with Gasteiger partial charge in [-0.25, -0.2) is 12.1 Å². The van der Waals surface area contributed by atoms with Gasteiger partial charge in [0.1, 0.15) is 0 Å². The monoisotopic (exact) mass is 506 g/mol. The van der Waals surface area contributed by atoms with Crippen LogP contribution in [-0.4, -0.2) is 49.5 Å². The molecule has 0 spiro atoms. The summed E-state index contributed by atoms with van der Waals surface area (Å²) in [5, 5.41) is 0. The summed E-state index contributed by atoms with van der Waals surface area (Å²) in [6, 6.07) is 10.0. The fraction of sp³-hybridized carbons (Fsp3) is 0. The molecule has 5 heteroatoms. The average Bonchev–Trinajstić information content (AvgIpc) is 2.44. The second kappa shape index (κ2) is 23.7. The summed E-state index contributed by atoms with van der Waals surface area (Å²) in [6.07, 6.45) is 1.94. The maximum absolute atomic E-state index is 2.91. The third-order valence-corrected chi connectivity index (χ3v) is 1.61. The van der Waals surface area contributed by atoms with Gasteiger partial charge in [-0.05, 0) is 0 Å². The number of hydrogen-bond acceptors (Lipinski definition) is 0. The molecule has 0 saturated carbocycles. The SMILES string of the molecule is [Cl-].[Cl-].[Sb]=[C-]C=[CH][SbH].[Zr+4].c1cc[cH-]c1. The van der Waals surface area contributed by atoms with Gasteiger partial charge in [-0.15, -0.1) is 0 Å². The molecule has 68 valence electrons. The minimum atomic E-state index is 0. The molecule has 0 aliphatic carbocycles. The van der Waals surface area contributed by atoms with Gasteiger partial charge in [-0.3, -0.25) is 0 Å². The first-order valence-electron chi connectivity index (χ1n) is 2.80. The minimum absolute atomic E-state index is 0. The maximum Gasteiger partial charge on any atom is 4.00 e. The molecule has 0 heterocycles. The summed E-state index contributed by atoms with van der Waals surface area (Å²) >= 11 is 3.05. The predicted octanol–water partition coefficient (Wildman–Crippen LogP) is -5.34. The van der Waals surface area contributed by atoms with Crippen LogP contribution in [0.4, 0.5) is 0 Å². The summed E-state index contributed by atoms with van der Waals surface area (Å²) in [5.41, 5.74) is 0. The summed E-state index contributed by atoms with van der Waals surface area (Å²) in [7, 11) is 0. The van der Waals surface area contributed by atoms with E-state index < -0.39 is 0 Å². The Labute approximate surface area is 139 Å². The molecule has 0 nitrogen and oxygen atoms in total. The normalized spacial score (nSPS) is 6.54. The van der Waals surface area contributed by atoms with Crippen molar-refractivity contribution in [2.75, 3.05) is 0 Å². The average molecular weight is 510 g/mol. The van der Waals surface area contributed by atoms with Crippen LogP contribution in [0, 0.1) is 0 Å². The second-order valence-corrected chi connectivity index (χ2v) is 3.11. The molecular formula is C8H8Cl2Sb2Zr. The summed E-state index contributed by atoms with van der Waals surface area (Å²) < 4.78 is 4.96. The Bertz CT molecular complexity index is 159. The number of allylic oxidation sites excluding steroid dienone is 1. The Morgan fingerprint density at radius 2 is 1.69 bits per heavy atom. The largest absolute Gasteiger partial charge is 4.00 e. The van der Waals surface area contributed by atoms with Crippen LogP contribution in [0.5, 0.6) is 0 Å². The molecule has 0 aliphatic rings. The fourth-order valence-corrected chi connectivity index (χ4v) is 2.00. The molecule has 1 rings (SSSR count). The van der Waals surface area contributed by atoms with Gasteiger partial charge in [0.2, 0.25) is 0 Å². The van der Waals surface area contributed by atoms with Crippen molar-refractivity contribution >= 4 is 49.5 Å². The molecule has 0 unspecified atom stereocenters. The van der Waals surface area contributed by atoms with Gasteiger partial charge in [0, 0.05) is 0 Å². The van der Waals surface area contributed by atoms with Crippen molar-refractivity contribution in [3.05, 3.63) is 40.4 Å². The minimum Gasteiger partial charge on any atom is -0.214 e. The van der Waals surface area contributed by atoms with Crippen molar-refractivity contribution in [3.63, 3.8) is 0 Å². The van der Waals surface area contributed by atoms with Crippen molar-refractivity contribution in [1.82, 2.24) is 0 Å². The summed E-state index contributed by atoms with van der Waals surface area (Å²) in [4.78, 5) is 0. The Morgan fingerprint density at radius 3 is 1.77 bits per heavy atom. The molecule has 0 bridgehead atoms. The molecule has 0 aliphatic heterocycles. The van der Waals surface area contributed by atoms with E-state index in [0.717, 1.165) is 0 Å². The van der Waals surface area contributed by atoms with Gasteiger partial charge >= 0.3 is 85.8 Å². The van der Waals surface area contributed by atoms with Crippen LogP contribution in [0.1, 0.15) is 0 Å². The molecule has 0 amide bonds. The van der Waals surface area contributed by atoms with E-state index in [9.17, 15) is 0 Å². The van der Waals surface area contributed by atoms with Gasteiger partial charge in [-0.2, -0.15) is 18.2 Å². The van der Waals surface area contributed by atoms with Crippen molar-refractivity contribution in [2.45, 2.75) is 0 Å². The summed E-state index contributed by atoms with van der Waals surface area (Å²) in [5.74, 6) is 0. The van der Waals surface area contributed by atoms with Crippen molar-refractivity contribution < 1.29 is 51.0 Å². The van der Waals surface area contributed by atoms with E-state index in [4.69, 9.17) is 0 Å². The van der Waals surface area contributed by atoms with E-state index in [1.165, 1.54) is 23.0 Å². The molecule has 2 radical (unpaired) electrons. The van der Waals surface area contributed by atoms with Gasteiger partial charge in [0.05, 0.1) is 0 Å². The Kier molecular flexibility index (Phi) is 44.4. The fourth-order valence-electron chi connectivity index (χ4n) is 0.358. The van der Waals surface area contributed by atoms with Gasteiger partial charge in [0.25, 0.3) is 0 Å². The number of hydrogen-bond donors (Lipinski definition) is 0. The molecule has 0 aromatic heterocycles. The maximum atomic E-state index is 2.91. The van der Waals surface area contributed by atoms with Gasteiger partial charge in [-0.1, -0.05) is 0 Å². The van der Waals surface area contributed by atoms with Crippen molar-refractivity contribution in [2.24, 2.45) is 0 Å². The van der Waals surface area contributed by atoms with Crippen molar-refractivity contribution in [3.8, 4) is 0 Å². The number of rotatable bonds is 1. The van der Waals surface area contributed by atoms with Gasteiger partial charge in [0.15, 0.2) is 0 Å². The molecule has 1 aromatic carbocycles. The Morgan fingerprint density at radius 1 is 1.23 bits per heavy atom. The zero-order valence-corrected chi connectivity index (χ0v) is 16.1. The quantitative estimate of drug-likeness (QED) is 0.262. The molecule has 0 saturated heterocycles. The molecule has 0 N–H and O–H groups in total. The zero-order valence-electron chi connectivity index (χ0n) is 6.74. The second-order valence-electron chi connectivity index (χ2n) is 1.42. The third kappa shape index (κ3) is 24.9. The van der Waals surface area contributed by atoms with Crippen LogP contribution in [0.3, 0.4) is 0 Å². The molecule has 0 fully saturated rings. The van der Waals surface area contributed by atoms with E-state index in [1.807, 2.05) is 40.4 Å². The van der Waals surface area contributed by atoms with Gasteiger partial charge < -0.3 is 24.8 Å². The van der Waals surface area contributed by atoms with Crippen LogP contribution in [0.25, 0.3) is 0 Å². The first-order chi connectivity index (χ1) is 4.91. The first kappa shape index (κ1) is 24.3. The van der Waals surface area contributed by atoms with Crippen LogP contribution in [0.15, 0.2) is 40.4 Å². The van der Waals surface area contributed by atoms with E-state index in [0.29, 0.717) is 0 Å². The first-order valence-corrected chi connectivity index (χ1v) is 5.73. The van der Waals surface area contributed by atoms with E-state index >= 15 is 0 Å². The van der Waals surface area contributed by atoms with Crippen LogP contribution >= 0.6 is 0 Å². The van der Waals surface area contributed by atoms with E-state index in [2.05, 4.69) is 3.95 Å². The topological polar surface area (TPSA) is 0 Å². The van der Waals surface area contributed by atoms with Crippen LogP contribution in [-0.2, 0) is 26.2 Å². The molecular weight excluding hydrogens is 502 g/mol. The molecule has 13 heavy (non-hydrogen) atoms. The van der Waals surface area contributed by atoms with E-state index in [-0.39, 0.29) is 51.0 Å². The zero-order chi connectivity index (χ0) is 7.66. The Balaban J connectivity index is -0.0000000506. The molecule has 0 atom stereocenters. The predicted molar refractivity (Wildman–Crippen MR) is 49.1 cm³/mol. The van der Waals surface area contributed by atoms with Crippen LogP contribution < -0.4 is 24.8 Å². The standard InChI is InChI=1S/C5H5.C3H2.2ClH.2Sb.Zr.H/c1-2-4-5-3-1;1-3-2;;;;;;/h1-5H;1,3H;2*1H;;;;/q2*-1;;;;;+4;/p-2. The summed E-state index contributed by atoms with van der Waals surface area (Å²) in [6.45, 7) is 0. The smallest absolute Gasteiger partial charge is 0.214 e. The number of halogens is 2. The van der Waals surface area contributed by atoms with Crippen molar-refractivity contribution in [1.29, 1.82) is 0 Å². The van der Waals surface area contributed by atoms with Crippen LogP contribution in [0.2, 0.25) is 0 Å².